The Bertz CT molecular complexity index is 3040. The van der Waals surface area contributed by atoms with Crippen LogP contribution in [0.4, 0.5) is 119 Å². The van der Waals surface area contributed by atoms with Crippen molar-refractivity contribution in [3.05, 3.63) is 0 Å². The minimum atomic E-state index is -4.21. The second-order valence-electron chi connectivity index (χ2n) is 47.8. The Labute approximate surface area is 828 Å². The monoisotopic (exact) mass is 2060 g/mol. The normalized spacial score (nSPS) is 17.1. The maximum atomic E-state index is 14.3. The highest BCUT2D eigenvalue weighted by atomic mass is 19.4. The van der Waals surface area contributed by atoms with Gasteiger partial charge in [-0.05, 0) is 199 Å². The van der Waals surface area contributed by atoms with Crippen LogP contribution in [0.15, 0.2) is 0 Å². The van der Waals surface area contributed by atoms with Crippen molar-refractivity contribution < 1.29 is 119 Å². The quantitative estimate of drug-likeness (QED) is 0.0544. The largest absolute Gasteiger partial charge is 0.395 e. The van der Waals surface area contributed by atoms with E-state index in [0.29, 0.717) is 96.3 Å². The number of alkyl halides is 27. The van der Waals surface area contributed by atoms with E-state index >= 15 is 0 Å². The van der Waals surface area contributed by atoms with Gasteiger partial charge in [-0.25, -0.2) is 0 Å². The van der Waals surface area contributed by atoms with Crippen LogP contribution in [0.25, 0.3) is 0 Å². The first kappa shape index (κ1) is 151. The highest BCUT2D eigenvalue weighted by molar-refractivity contribution is 5.08. The van der Waals surface area contributed by atoms with E-state index < -0.39 is 144 Å². The van der Waals surface area contributed by atoms with Gasteiger partial charge in [-0.3, -0.25) is 0 Å². The van der Waals surface area contributed by atoms with E-state index in [1.54, 1.807) is 90.0 Å². The zero-order chi connectivity index (χ0) is 114. The van der Waals surface area contributed by atoms with Crippen LogP contribution in [0.5, 0.6) is 0 Å². The van der Waals surface area contributed by atoms with Gasteiger partial charge >= 0.3 is 55.6 Å². The average Bonchev–Trinajstić information content (AvgIpc) is 0.880. The van der Waals surface area contributed by atoms with Crippen molar-refractivity contribution in [2.24, 2.45) is 183 Å². The number of halogens is 27. The minimum absolute atomic E-state index is 0.00606. The van der Waals surface area contributed by atoms with Crippen LogP contribution in [-0.2, 0) is 0 Å². The van der Waals surface area contributed by atoms with Crippen LogP contribution in [0.2, 0.25) is 0 Å². The van der Waals surface area contributed by atoms with Crippen molar-refractivity contribution in [2.45, 2.75) is 531 Å². The molecule has 0 heterocycles. The zero-order valence-electron chi connectivity index (χ0n) is 96.9. The molecule has 0 spiro atoms. The summed E-state index contributed by atoms with van der Waals surface area (Å²) in [6, 6.07) is 0. The number of hydrogen-bond acceptors (Lipinski definition) is 0. The highest BCUT2D eigenvalue weighted by Gasteiger charge is 2.70. The summed E-state index contributed by atoms with van der Waals surface area (Å²) >= 11 is 0. The summed E-state index contributed by atoms with van der Waals surface area (Å²) in [6.45, 7) is 90.7. The molecule has 0 aliphatic heterocycles. The highest BCUT2D eigenvalue weighted by Crippen LogP contribution is 2.68. The van der Waals surface area contributed by atoms with Crippen LogP contribution < -0.4 is 0 Å². The van der Waals surface area contributed by atoms with E-state index in [2.05, 4.69) is 0 Å². The molecular formula is C111H211F27. The van der Waals surface area contributed by atoms with Crippen molar-refractivity contribution in [2.75, 3.05) is 0 Å². The van der Waals surface area contributed by atoms with Gasteiger partial charge in [-0.2, -0.15) is 119 Å². The predicted molar refractivity (Wildman–Crippen MR) is 531 cm³/mol. The minimum Gasteiger partial charge on any atom is -0.171 e. The van der Waals surface area contributed by atoms with Crippen molar-refractivity contribution in [3.63, 3.8) is 0 Å². The molecule has 1 rings (SSSR count). The summed E-state index contributed by atoms with van der Waals surface area (Å²) in [5, 5.41) is 0. The second kappa shape index (κ2) is 57.8. The molecule has 1 saturated carbocycles. The molecule has 1 aliphatic carbocycles. The van der Waals surface area contributed by atoms with Crippen LogP contribution in [0.3, 0.4) is 0 Å². The summed E-state index contributed by atoms with van der Waals surface area (Å²) < 4.78 is 357. The Balaban J connectivity index is -0.000000231. The Morgan fingerprint density at radius 1 is 0.217 bits per heavy atom. The fourth-order valence-corrected chi connectivity index (χ4v) is 24.8. The van der Waals surface area contributed by atoms with E-state index in [1.807, 2.05) is 208 Å². The van der Waals surface area contributed by atoms with Gasteiger partial charge in [0.15, 0.2) is 0 Å². The number of rotatable bonds is 37. The molecule has 844 valence electrons. The van der Waals surface area contributed by atoms with Crippen LogP contribution >= 0.6 is 0 Å². The molecule has 0 radical (unpaired) electrons. The third-order valence-corrected chi connectivity index (χ3v) is 37.7. The molecule has 0 unspecified atom stereocenters. The smallest absolute Gasteiger partial charge is 0.171 e. The molecule has 0 saturated heterocycles. The molecule has 0 N–H and O–H groups in total. The molecule has 0 aromatic rings. The third kappa shape index (κ3) is 35.1. The van der Waals surface area contributed by atoms with Crippen molar-refractivity contribution in [1.82, 2.24) is 0 Å². The van der Waals surface area contributed by atoms with Gasteiger partial charge in [0.2, 0.25) is 0 Å². The van der Waals surface area contributed by atoms with Crippen LogP contribution in [-0.4, -0.2) is 55.6 Å². The molecule has 138 heavy (non-hydrogen) atoms. The summed E-state index contributed by atoms with van der Waals surface area (Å²) in [5.41, 5.74) is -17.0. The lowest BCUT2D eigenvalue weighted by atomic mass is 9.47. The van der Waals surface area contributed by atoms with E-state index in [-0.39, 0.29) is 101 Å². The van der Waals surface area contributed by atoms with Gasteiger partial charge in [-0.1, -0.05) is 411 Å². The van der Waals surface area contributed by atoms with E-state index in [1.165, 1.54) is 62.3 Å². The SMILES string of the molecule is CC(C)C(C(C)C)[C@@](C)(C(F)(F)F)C(C)(C(C)C)C(C)C.CC(C)C(C(C)C)[C@](C)(C(C)C)C(F)(F)F.CC(C)C(C)(C(C)C)C(F)(F)F.CC1(C(F)(F)F)CCCC1.CCC(C)(CC)C(C)(C(F)(F)F)C(C)(CC)CC.CCC(C)(CC)[C@](C)(C(C)C)C(F)(F)F.CCC(CC)C(C)(C(CC)CC)C(F)(F)F.CCC(CC)[C@](C)(C(C)C)C(F)(F)F.CCC[C@@](C)(C(C(C)C)C(C)C)C(F)(F)F. The van der Waals surface area contributed by atoms with Crippen LogP contribution in [0, 0.1) is 183 Å². The van der Waals surface area contributed by atoms with Gasteiger partial charge < -0.3 is 0 Å². The number of hydrogen-bond donors (Lipinski definition) is 0. The lowest BCUT2D eigenvalue weighted by molar-refractivity contribution is -0.304. The molecule has 0 bridgehead atoms. The lowest BCUT2D eigenvalue weighted by Gasteiger charge is -2.58. The zero-order valence-corrected chi connectivity index (χ0v) is 96.9. The second-order valence-corrected chi connectivity index (χ2v) is 47.8. The first-order valence-electron chi connectivity index (χ1n) is 52.4. The lowest BCUT2D eigenvalue weighted by Crippen LogP contribution is -2.60. The van der Waals surface area contributed by atoms with E-state index in [4.69, 9.17) is 0 Å². The molecule has 0 aromatic carbocycles. The fourth-order valence-electron chi connectivity index (χ4n) is 24.8. The summed E-state index contributed by atoms with van der Waals surface area (Å²) in [4.78, 5) is 0. The standard InChI is InChI=1S/C18H35F3.C15H29F3.3C13H25F3.C12H23F3.C11H21F3.C9H17F3.C7H11F3/c1-11(2)15(12(3)4)17(10,18(19,20)21)16(9,13(5)6)14(7)8;1-8-12(5,9-2)14(7,15(16,17)18)13(6,10-3)11-4;1-8(2)11(9(3)4)12(7,10(5)6)13(14,15)16;1-7-8-12(6,13(14,15)16)11(9(2)3)10(4)5;1-6-10(7-2)12(5,13(14,15)16)11(8-3)9-4;1-7-10(5,8-2)11(6,9(3)4)12(13,14)15;1-6-9(7-2)10(5,8(3)4)11(12,13)14;1-6(2)8(5,7(3)4)9(10,11)12;1-6(7(8,9)10)4-2-3-5-6/h11-15H,1-10H3;8-11H2,1-7H3;8-11H,1-7H3;9-11H,7-8H2,1-6H3;10-11H,6-9H2,1-5H3;9H,7-8H2,1-6H3;8-9H,6-7H2,1-5H3;6-7H,1-5H3;2-5H2,1H3/t17-;;2*12-;;11-;10-;;/m1.00.00../s1. The van der Waals surface area contributed by atoms with Crippen molar-refractivity contribution in [3.8, 4) is 0 Å². The first-order valence-corrected chi connectivity index (χ1v) is 52.4. The molecular weight excluding hydrogens is 1850 g/mol. The molecule has 0 amide bonds. The maximum absolute atomic E-state index is 14.3. The Morgan fingerprint density at radius 2 is 0.435 bits per heavy atom. The molecule has 0 aromatic heterocycles. The van der Waals surface area contributed by atoms with Gasteiger partial charge in [-0.15, -0.1) is 0 Å². The third-order valence-electron chi connectivity index (χ3n) is 37.7. The topological polar surface area (TPSA) is 0 Å². The molecule has 0 nitrogen and oxygen atoms in total. The Kier molecular flexibility index (Phi) is 63.4. The molecule has 5 atom stereocenters. The summed E-state index contributed by atoms with van der Waals surface area (Å²) in [5.74, 6) is -3.69. The first-order chi connectivity index (χ1) is 60.8. The molecule has 1 aliphatic rings. The average molecular weight is 2060 g/mol. The Hall–Kier alpha value is -1.89. The van der Waals surface area contributed by atoms with Gasteiger partial charge in [0, 0.05) is 0 Å². The molecule has 27 heteroatoms. The van der Waals surface area contributed by atoms with Gasteiger partial charge in [0.25, 0.3) is 0 Å². The van der Waals surface area contributed by atoms with Crippen LogP contribution in [0.1, 0.15) is 476 Å². The fraction of sp³-hybridized carbons (Fsp3) is 1.00. The van der Waals surface area contributed by atoms with E-state index in [9.17, 15) is 119 Å². The van der Waals surface area contributed by atoms with Gasteiger partial charge in [0.1, 0.15) is 0 Å². The van der Waals surface area contributed by atoms with Crippen molar-refractivity contribution >= 4 is 0 Å². The van der Waals surface area contributed by atoms with Gasteiger partial charge in [0.05, 0.1) is 48.7 Å². The van der Waals surface area contributed by atoms with Crippen molar-refractivity contribution in [1.29, 1.82) is 0 Å². The molecule has 1 fully saturated rings. The Morgan fingerprint density at radius 3 is 0.543 bits per heavy atom. The predicted octanol–water partition coefficient (Wildman–Crippen LogP) is 45.5. The van der Waals surface area contributed by atoms with E-state index in [0.717, 1.165) is 12.8 Å². The summed E-state index contributed by atoms with van der Waals surface area (Å²) in [7, 11) is 0. The summed E-state index contributed by atoms with van der Waals surface area (Å²) in [6.07, 6.45) is -27.3. The maximum Gasteiger partial charge on any atom is 0.395 e.